The van der Waals surface area contributed by atoms with Gasteiger partial charge in [-0.3, -0.25) is 0 Å². The van der Waals surface area contributed by atoms with E-state index in [0.717, 1.165) is 6.42 Å². The predicted octanol–water partition coefficient (Wildman–Crippen LogP) is 2.34. The van der Waals surface area contributed by atoms with Crippen LogP contribution in [0.1, 0.15) is 20.3 Å². The van der Waals surface area contributed by atoms with Crippen LogP contribution in [0.15, 0.2) is 0 Å². The molecule has 0 aromatic rings. The maximum Gasteiger partial charge on any atom is 0.0967 e. The van der Waals surface area contributed by atoms with Gasteiger partial charge in [-0.25, -0.2) is 0 Å². The van der Waals surface area contributed by atoms with Gasteiger partial charge in [0.25, 0.3) is 0 Å². The van der Waals surface area contributed by atoms with Crippen molar-refractivity contribution in [3.8, 4) is 6.07 Å². The van der Waals surface area contributed by atoms with Crippen molar-refractivity contribution in [2.45, 2.75) is 20.3 Å². The van der Waals surface area contributed by atoms with Crippen molar-refractivity contribution < 1.29 is 5.11 Å². The van der Waals surface area contributed by atoms with Gasteiger partial charge in [0.05, 0.1) is 11.4 Å². The van der Waals surface area contributed by atoms with E-state index in [1.54, 1.807) is 6.07 Å². The number of hydrogen-bond acceptors (Lipinski definition) is 2. The van der Waals surface area contributed by atoms with Gasteiger partial charge in [0, 0.05) is 13.5 Å². The molecule has 0 aromatic heterocycles. The molecule has 0 atom stereocenters. The normalized spacial score (nSPS) is 5.60. The average Bonchev–Trinajstić information content (AvgIpc) is 1.91. The summed E-state index contributed by atoms with van der Waals surface area (Å²) in [5.41, 5.74) is 0. The van der Waals surface area contributed by atoms with E-state index in [-0.39, 0.29) is 5.34 Å². The summed E-state index contributed by atoms with van der Waals surface area (Å²) in [6, 6.07) is 1.75. The molecule has 0 radical (unpaired) electrons. The minimum atomic E-state index is 0.194. The Kier molecular flexibility index (Phi) is 59.3. The highest BCUT2D eigenvalue weighted by molar-refractivity contribution is 6.40. The molecule has 0 heterocycles. The third kappa shape index (κ3) is 374. The number of nitrogens with zero attached hydrogens (tertiary/aromatic N) is 1. The molecule has 0 saturated heterocycles. The highest BCUT2D eigenvalue weighted by Crippen LogP contribution is 1.73. The van der Waals surface area contributed by atoms with E-state index < -0.39 is 0 Å². The number of aliphatic hydroxyl groups is 1. The molecule has 0 amide bonds. The molecule has 62 valence electrons. The van der Waals surface area contributed by atoms with Gasteiger partial charge in [0.15, 0.2) is 0 Å². The van der Waals surface area contributed by atoms with Crippen LogP contribution >= 0.6 is 23.2 Å². The van der Waals surface area contributed by atoms with Crippen LogP contribution in [0.3, 0.4) is 0 Å². The molecule has 0 fully saturated rings. The van der Waals surface area contributed by atoms with Crippen LogP contribution in [0, 0.1) is 11.3 Å². The number of aliphatic hydroxyl groups excluding tert-OH is 1. The van der Waals surface area contributed by atoms with Crippen LogP contribution in [-0.4, -0.2) is 17.1 Å². The smallest absolute Gasteiger partial charge is 0.0967 e. The van der Waals surface area contributed by atoms with Gasteiger partial charge in [-0.15, -0.1) is 23.2 Å². The fourth-order valence-corrected chi connectivity index (χ4v) is 0. The molecule has 1 N–H and O–H groups in total. The number of alkyl halides is 2. The van der Waals surface area contributed by atoms with Crippen LogP contribution in [0.2, 0.25) is 0 Å². The van der Waals surface area contributed by atoms with E-state index in [1.165, 1.54) is 6.92 Å². The maximum atomic E-state index is 7.88. The van der Waals surface area contributed by atoms with Crippen molar-refractivity contribution in [1.29, 1.82) is 5.26 Å². The molecule has 0 aliphatic carbocycles. The Morgan fingerprint density at radius 2 is 1.60 bits per heavy atom. The quantitative estimate of drug-likeness (QED) is 0.638. The summed E-state index contributed by atoms with van der Waals surface area (Å²) >= 11 is 9.53. The fraction of sp³-hybridized carbons (Fsp3) is 0.833. The Labute approximate surface area is 72.4 Å². The molecule has 0 saturated carbocycles. The van der Waals surface area contributed by atoms with E-state index in [0.29, 0.717) is 6.61 Å². The van der Waals surface area contributed by atoms with E-state index in [1.807, 2.05) is 6.92 Å². The first-order chi connectivity index (χ1) is 4.74. The topological polar surface area (TPSA) is 44.0 Å². The second-order valence-electron chi connectivity index (χ2n) is 1.05. The second kappa shape index (κ2) is 35.9. The van der Waals surface area contributed by atoms with Crippen molar-refractivity contribution in [2.75, 3.05) is 11.9 Å². The summed E-state index contributed by atoms with van der Waals surface area (Å²) in [5.74, 6) is 0. The lowest BCUT2D eigenvalue weighted by Crippen LogP contribution is -1.69. The lowest BCUT2D eigenvalue weighted by molar-refractivity contribution is 0.295. The minimum absolute atomic E-state index is 0.194. The molecule has 0 aromatic carbocycles. The highest BCUT2D eigenvalue weighted by Gasteiger charge is 1.57. The number of hydrogen-bond donors (Lipinski definition) is 1. The van der Waals surface area contributed by atoms with Crippen LogP contribution in [0.5, 0.6) is 0 Å². The van der Waals surface area contributed by atoms with Gasteiger partial charge < -0.3 is 5.11 Å². The van der Waals surface area contributed by atoms with E-state index in [4.69, 9.17) is 33.6 Å². The zero-order valence-corrected chi connectivity index (χ0v) is 7.78. The van der Waals surface area contributed by atoms with E-state index in [2.05, 4.69) is 0 Å². The van der Waals surface area contributed by atoms with Crippen LogP contribution in [0.4, 0.5) is 0 Å². The van der Waals surface area contributed by atoms with E-state index >= 15 is 0 Å². The van der Waals surface area contributed by atoms with Gasteiger partial charge in [-0.05, 0) is 6.42 Å². The Morgan fingerprint density at radius 1 is 1.50 bits per heavy atom. The number of rotatable bonds is 1. The van der Waals surface area contributed by atoms with Gasteiger partial charge in [-0.1, -0.05) is 6.92 Å². The minimum Gasteiger partial charge on any atom is -0.396 e. The Bertz CT molecular complexity index is 61.3. The first-order valence-electron chi connectivity index (χ1n) is 2.78. The van der Waals surface area contributed by atoms with Crippen molar-refractivity contribution in [3.05, 3.63) is 0 Å². The van der Waals surface area contributed by atoms with E-state index in [9.17, 15) is 0 Å². The predicted molar refractivity (Wildman–Crippen MR) is 45.2 cm³/mol. The molecule has 0 aliphatic rings. The Balaban J connectivity index is -0.0000000750. The zero-order chi connectivity index (χ0) is 8.83. The van der Waals surface area contributed by atoms with Gasteiger partial charge in [0.1, 0.15) is 0 Å². The molecule has 0 aliphatic heterocycles. The number of halogens is 2. The van der Waals surface area contributed by atoms with Gasteiger partial charge >= 0.3 is 0 Å². The first kappa shape index (κ1) is 16.5. The summed E-state index contributed by atoms with van der Waals surface area (Å²) in [5, 5.41) is 15.4. The molecule has 4 heteroatoms. The van der Waals surface area contributed by atoms with Crippen molar-refractivity contribution >= 4 is 23.2 Å². The van der Waals surface area contributed by atoms with Gasteiger partial charge in [-0.2, -0.15) is 5.26 Å². The van der Waals surface area contributed by atoms with Crippen molar-refractivity contribution in [1.82, 2.24) is 0 Å². The summed E-state index contributed by atoms with van der Waals surface area (Å²) in [6.45, 7) is 3.68. The average molecular weight is 186 g/mol. The highest BCUT2D eigenvalue weighted by atomic mass is 35.5. The fourth-order valence-electron chi connectivity index (χ4n) is 0. The van der Waals surface area contributed by atoms with Crippen LogP contribution in [-0.2, 0) is 0 Å². The summed E-state index contributed by atoms with van der Waals surface area (Å²) < 4.78 is 0. The molecule has 0 bridgehead atoms. The third-order valence-corrected chi connectivity index (χ3v) is 0.224. The second-order valence-corrected chi connectivity index (χ2v) is 1.86. The molecule has 0 unspecified atom stereocenters. The molecule has 0 spiro atoms. The summed E-state index contributed by atoms with van der Waals surface area (Å²) in [7, 11) is 0. The third-order valence-electron chi connectivity index (χ3n) is 0.224. The lowest BCUT2D eigenvalue weighted by atomic mass is 10.5. The largest absolute Gasteiger partial charge is 0.396 e. The summed E-state index contributed by atoms with van der Waals surface area (Å²) in [4.78, 5) is 0. The van der Waals surface area contributed by atoms with Gasteiger partial charge in [0.2, 0.25) is 0 Å². The lowest BCUT2D eigenvalue weighted by Gasteiger charge is -1.69. The molecule has 10 heavy (non-hydrogen) atoms. The maximum absolute atomic E-state index is 7.88. The first-order valence-corrected chi connectivity index (χ1v) is 3.85. The molecule has 2 nitrogen and oxygen atoms in total. The van der Waals surface area contributed by atoms with Crippen LogP contribution < -0.4 is 0 Å². The Morgan fingerprint density at radius 3 is 1.60 bits per heavy atom. The molecular formula is C6H13Cl2NO. The summed E-state index contributed by atoms with van der Waals surface area (Å²) in [6.07, 6.45) is 0.875. The molecular weight excluding hydrogens is 173 g/mol. The van der Waals surface area contributed by atoms with Crippen LogP contribution in [0.25, 0.3) is 0 Å². The monoisotopic (exact) mass is 185 g/mol. The standard InChI is InChI=1S/C3H8O.C2H3N.CH2Cl2/c1-2-3-4;1-2-3;2-1-3/h4H,2-3H2,1H3;1H3;1H2. The van der Waals surface area contributed by atoms with Crippen molar-refractivity contribution in [3.63, 3.8) is 0 Å². The Hall–Kier alpha value is 0.0300. The zero-order valence-electron chi connectivity index (χ0n) is 6.27. The molecule has 0 rings (SSSR count). The SMILES string of the molecule is CC#N.CCCO.ClCCl. The number of nitriles is 1. The van der Waals surface area contributed by atoms with Crippen molar-refractivity contribution in [2.24, 2.45) is 0 Å².